The minimum Gasteiger partial charge on any atom is -0.479 e. The van der Waals surface area contributed by atoms with Crippen LogP contribution >= 0.6 is 0 Å². The van der Waals surface area contributed by atoms with E-state index >= 15 is 0 Å². The molecule has 0 spiro atoms. The van der Waals surface area contributed by atoms with E-state index in [0.717, 1.165) is 11.3 Å². The van der Waals surface area contributed by atoms with Gasteiger partial charge in [0.15, 0.2) is 6.04 Å². The van der Waals surface area contributed by atoms with Gasteiger partial charge >= 0.3 is 5.97 Å². The molecule has 122 valence electrons. The highest BCUT2D eigenvalue weighted by Gasteiger charge is 2.22. The number of imidazole rings is 1. The largest absolute Gasteiger partial charge is 0.479 e. The van der Waals surface area contributed by atoms with Crippen LogP contribution in [-0.2, 0) is 16.0 Å². The van der Waals surface area contributed by atoms with Crippen LogP contribution in [0.2, 0.25) is 0 Å². The number of benzene rings is 1. The molecule has 3 rings (SSSR count). The van der Waals surface area contributed by atoms with Gasteiger partial charge in [-0.15, -0.1) is 0 Å². The van der Waals surface area contributed by atoms with Crippen molar-refractivity contribution in [2.75, 3.05) is 0 Å². The van der Waals surface area contributed by atoms with Gasteiger partial charge in [0, 0.05) is 11.9 Å². The molecule has 0 aliphatic heterocycles. The van der Waals surface area contributed by atoms with E-state index in [-0.39, 0.29) is 12.3 Å². The van der Waals surface area contributed by atoms with Crippen molar-refractivity contribution in [1.82, 2.24) is 14.7 Å². The molecule has 0 aliphatic carbocycles. The van der Waals surface area contributed by atoms with Crippen molar-refractivity contribution in [3.05, 3.63) is 71.7 Å². The van der Waals surface area contributed by atoms with E-state index in [9.17, 15) is 14.7 Å². The number of pyridine rings is 1. The molecule has 1 aromatic carbocycles. The average molecular weight is 323 g/mol. The molecule has 2 aromatic heterocycles. The molecule has 0 saturated heterocycles. The molecule has 0 aliphatic rings. The van der Waals surface area contributed by atoms with E-state index in [1.807, 2.05) is 29.5 Å². The van der Waals surface area contributed by atoms with Crippen molar-refractivity contribution >= 4 is 17.5 Å². The second-order valence-electron chi connectivity index (χ2n) is 5.55. The number of aryl methyl sites for hydroxylation is 1. The standard InChI is InChI=1S/C18H17N3O3/c1-12-6-5-9-15-19-14(11-21(12)15)10-16(22)20-17(18(23)24)13-7-3-2-4-8-13/h2-9,11,17H,10H2,1H3,(H,20,22)(H,23,24). The summed E-state index contributed by atoms with van der Waals surface area (Å²) >= 11 is 0. The third-order valence-electron chi connectivity index (χ3n) is 3.77. The minimum atomic E-state index is -1.10. The van der Waals surface area contributed by atoms with Crippen molar-refractivity contribution in [2.24, 2.45) is 0 Å². The summed E-state index contributed by atoms with van der Waals surface area (Å²) in [5.41, 5.74) is 2.90. The number of carboxylic acid groups (broad SMARTS) is 1. The summed E-state index contributed by atoms with van der Waals surface area (Å²) in [6, 6.07) is 13.3. The van der Waals surface area contributed by atoms with Crippen LogP contribution in [-0.4, -0.2) is 26.4 Å². The molecule has 0 bridgehead atoms. The summed E-state index contributed by atoms with van der Waals surface area (Å²) in [4.78, 5) is 28.1. The number of rotatable bonds is 5. The smallest absolute Gasteiger partial charge is 0.330 e. The first-order valence-electron chi connectivity index (χ1n) is 7.55. The Labute approximate surface area is 138 Å². The molecular weight excluding hydrogens is 306 g/mol. The number of aromatic nitrogens is 2. The number of hydrogen-bond donors (Lipinski definition) is 2. The van der Waals surface area contributed by atoms with Crippen LogP contribution in [0.1, 0.15) is 23.0 Å². The maximum absolute atomic E-state index is 12.2. The lowest BCUT2D eigenvalue weighted by atomic mass is 10.1. The molecule has 1 amide bonds. The zero-order valence-electron chi connectivity index (χ0n) is 13.1. The van der Waals surface area contributed by atoms with Gasteiger partial charge in [-0.2, -0.15) is 0 Å². The number of fused-ring (bicyclic) bond motifs is 1. The fourth-order valence-corrected chi connectivity index (χ4v) is 2.59. The third-order valence-corrected chi connectivity index (χ3v) is 3.77. The van der Waals surface area contributed by atoms with Crippen LogP contribution in [0.4, 0.5) is 0 Å². The van der Waals surface area contributed by atoms with Crippen LogP contribution < -0.4 is 5.32 Å². The Morgan fingerprint density at radius 1 is 1.17 bits per heavy atom. The summed E-state index contributed by atoms with van der Waals surface area (Å²) in [7, 11) is 0. The lowest BCUT2D eigenvalue weighted by molar-refractivity contribution is -0.142. The van der Waals surface area contributed by atoms with Gasteiger partial charge in [-0.1, -0.05) is 36.4 Å². The molecular formula is C18H17N3O3. The predicted octanol–water partition coefficient (Wildman–Crippen LogP) is 2.13. The first kappa shape index (κ1) is 15.7. The van der Waals surface area contributed by atoms with Gasteiger partial charge in [0.25, 0.3) is 0 Å². The van der Waals surface area contributed by atoms with E-state index in [1.54, 1.807) is 36.5 Å². The van der Waals surface area contributed by atoms with Crippen molar-refractivity contribution in [3.8, 4) is 0 Å². The van der Waals surface area contributed by atoms with Gasteiger partial charge in [-0.3, -0.25) is 4.79 Å². The van der Waals surface area contributed by atoms with Gasteiger partial charge in [0.1, 0.15) is 5.65 Å². The lowest BCUT2D eigenvalue weighted by Gasteiger charge is -2.14. The molecule has 3 aromatic rings. The number of amides is 1. The molecule has 2 N–H and O–H groups in total. The Balaban J connectivity index is 1.76. The van der Waals surface area contributed by atoms with Gasteiger partial charge in [0.05, 0.1) is 12.1 Å². The first-order valence-corrected chi connectivity index (χ1v) is 7.55. The number of nitrogens with one attached hydrogen (secondary N) is 1. The number of carbonyl (C=O) groups excluding carboxylic acids is 1. The second kappa shape index (κ2) is 6.54. The highest BCUT2D eigenvalue weighted by Crippen LogP contribution is 2.14. The zero-order valence-corrected chi connectivity index (χ0v) is 13.1. The Hall–Kier alpha value is -3.15. The molecule has 6 nitrogen and oxygen atoms in total. The number of nitrogens with zero attached hydrogens (tertiary/aromatic N) is 2. The topological polar surface area (TPSA) is 83.7 Å². The Kier molecular flexibility index (Phi) is 4.29. The molecule has 0 radical (unpaired) electrons. The summed E-state index contributed by atoms with van der Waals surface area (Å²) in [6.07, 6.45) is 1.82. The lowest BCUT2D eigenvalue weighted by Crippen LogP contribution is -2.34. The average Bonchev–Trinajstić information content (AvgIpc) is 2.97. The number of carbonyl (C=O) groups is 2. The molecule has 1 atom stereocenters. The summed E-state index contributed by atoms with van der Waals surface area (Å²) in [6.45, 7) is 1.95. The third kappa shape index (κ3) is 3.27. The summed E-state index contributed by atoms with van der Waals surface area (Å²) in [5.74, 6) is -1.48. The fourth-order valence-electron chi connectivity index (χ4n) is 2.59. The van der Waals surface area contributed by atoms with Crippen LogP contribution in [0.15, 0.2) is 54.7 Å². The fraction of sp³-hybridized carbons (Fsp3) is 0.167. The highest BCUT2D eigenvalue weighted by molar-refractivity contribution is 5.85. The SMILES string of the molecule is Cc1cccc2nc(CC(=O)NC(C(=O)O)c3ccccc3)cn12. The van der Waals surface area contributed by atoms with Crippen molar-refractivity contribution in [2.45, 2.75) is 19.4 Å². The molecule has 2 heterocycles. The van der Waals surface area contributed by atoms with Crippen molar-refractivity contribution < 1.29 is 14.7 Å². The van der Waals surface area contributed by atoms with E-state index in [0.29, 0.717) is 11.3 Å². The van der Waals surface area contributed by atoms with E-state index < -0.39 is 12.0 Å². The van der Waals surface area contributed by atoms with Crippen LogP contribution in [0.3, 0.4) is 0 Å². The summed E-state index contributed by atoms with van der Waals surface area (Å²) in [5, 5.41) is 11.9. The molecule has 0 saturated carbocycles. The second-order valence-corrected chi connectivity index (χ2v) is 5.55. The first-order chi connectivity index (χ1) is 11.5. The van der Waals surface area contributed by atoms with Crippen LogP contribution in [0.5, 0.6) is 0 Å². The Bertz CT molecular complexity index is 887. The predicted molar refractivity (Wildman–Crippen MR) is 88.6 cm³/mol. The molecule has 6 heteroatoms. The number of carboxylic acids is 1. The Morgan fingerprint density at radius 2 is 1.92 bits per heavy atom. The van der Waals surface area contributed by atoms with E-state index in [1.165, 1.54) is 0 Å². The number of hydrogen-bond acceptors (Lipinski definition) is 3. The molecule has 24 heavy (non-hydrogen) atoms. The van der Waals surface area contributed by atoms with Gasteiger partial charge < -0.3 is 14.8 Å². The van der Waals surface area contributed by atoms with Crippen molar-refractivity contribution in [3.63, 3.8) is 0 Å². The zero-order chi connectivity index (χ0) is 17.1. The van der Waals surface area contributed by atoms with Gasteiger partial charge in [-0.05, 0) is 24.6 Å². The van der Waals surface area contributed by atoms with Crippen LogP contribution in [0, 0.1) is 6.92 Å². The van der Waals surface area contributed by atoms with Crippen LogP contribution in [0.25, 0.3) is 5.65 Å². The summed E-state index contributed by atoms with van der Waals surface area (Å²) < 4.78 is 1.90. The van der Waals surface area contributed by atoms with E-state index in [2.05, 4.69) is 10.3 Å². The highest BCUT2D eigenvalue weighted by atomic mass is 16.4. The number of aliphatic carboxylic acids is 1. The van der Waals surface area contributed by atoms with Crippen molar-refractivity contribution in [1.29, 1.82) is 0 Å². The monoisotopic (exact) mass is 323 g/mol. The molecule has 1 unspecified atom stereocenters. The van der Waals surface area contributed by atoms with Gasteiger partial charge in [-0.25, -0.2) is 9.78 Å². The Morgan fingerprint density at radius 3 is 2.58 bits per heavy atom. The maximum Gasteiger partial charge on any atom is 0.330 e. The maximum atomic E-state index is 12.2. The van der Waals surface area contributed by atoms with E-state index in [4.69, 9.17) is 0 Å². The van der Waals surface area contributed by atoms with Gasteiger partial charge in [0.2, 0.25) is 5.91 Å². The molecule has 0 fully saturated rings. The quantitative estimate of drug-likeness (QED) is 0.753. The minimum absolute atomic E-state index is 0.0255. The normalized spacial score (nSPS) is 12.0.